The molecule has 0 spiro atoms. The molecular formula is C18H24N4O2. The highest BCUT2D eigenvalue weighted by molar-refractivity contribution is 5.74. The van der Waals surface area contributed by atoms with Crippen molar-refractivity contribution in [3.63, 3.8) is 0 Å². The molecule has 2 amide bonds. The second kappa shape index (κ2) is 7.49. The minimum atomic E-state index is -0.0249. The Morgan fingerprint density at radius 2 is 1.92 bits per heavy atom. The fraction of sp³-hybridized carbons (Fsp3) is 0.444. The molecule has 1 aliphatic heterocycles. The van der Waals surface area contributed by atoms with E-state index in [4.69, 9.17) is 4.74 Å². The van der Waals surface area contributed by atoms with Crippen molar-refractivity contribution in [1.29, 1.82) is 0 Å². The van der Waals surface area contributed by atoms with E-state index in [0.29, 0.717) is 39.4 Å². The SMILES string of the molecule is Cc1nn(CCNC(=O)N2CCOCC2)c(C)c1-c1ccccc1. The van der Waals surface area contributed by atoms with E-state index in [-0.39, 0.29) is 6.03 Å². The molecule has 1 saturated heterocycles. The van der Waals surface area contributed by atoms with Gasteiger partial charge in [0.05, 0.1) is 25.5 Å². The molecule has 0 radical (unpaired) electrons. The molecule has 3 rings (SSSR count). The van der Waals surface area contributed by atoms with Gasteiger partial charge in [0.15, 0.2) is 0 Å². The average Bonchev–Trinajstić information content (AvgIpc) is 2.90. The Hall–Kier alpha value is -2.34. The lowest BCUT2D eigenvalue weighted by Gasteiger charge is -2.26. The van der Waals surface area contributed by atoms with Crippen LogP contribution in [0.1, 0.15) is 11.4 Å². The summed E-state index contributed by atoms with van der Waals surface area (Å²) in [4.78, 5) is 13.9. The topological polar surface area (TPSA) is 59.4 Å². The molecule has 1 aromatic heterocycles. The van der Waals surface area contributed by atoms with Crippen molar-refractivity contribution in [2.24, 2.45) is 0 Å². The van der Waals surface area contributed by atoms with Crippen LogP contribution in [0.2, 0.25) is 0 Å². The summed E-state index contributed by atoms with van der Waals surface area (Å²) in [7, 11) is 0. The first-order chi connectivity index (χ1) is 11.7. The van der Waals surface area contributed by atoms with Crippen LogP contribution >= 0.6 is 0 Å². The number of benzene rings is 1. The molecule has 1 fully saturated rings. The maximum absolute atomic E-state index is 12.1. The number of carbonyl (C=O) groups excluding carboxylic acids is 1. The summed E-state index contributed by atoms with van der Waals surface area (Å²) in [5.41, 5.74) is 4.49. The Morgan fingerprint density at radius 1 is 1.21 bits per heavy atom. The zero-order valence-corrected chi connectivity index (χ0v) is 14.3. The monoisotopic (exact) mass is 328 g/mol. The van der Waals surface area contributed by atoms with Crippen LogP contribution in [0.3, 0.4) is 0 Å². The molecule has 1 N–H and O–H groups in total. The second-order valence-electron chi connectivity index (χ2n) is 5.97. The molecule has 1 aromatic carbocycles. The fourth-order valence-electron chi connectivity index (χ4n) is 3.08. The number of hydrogen-bond donors (Lipinski definition) is 1. The van der Waals surface area contributed by atoms with Crippen molar-refractivity contribution in [1.82, 2.24) is 20.0 Å². The van der Waals surface area contributed by atoms with Crippen LogP contribution in [0.15, 0.2) is 30.3 Å². The van der Waals surface area contributed by atoms with Gasteiger partial charge in [-0.25, -0.2) is 4.79 Å². The summed E-state index contributed by atoms with van der Waals surface area (Å²) in [6.07, 6.45) is 0. The summed E-state index contributed by atoms with van der Waals surface area (Å²) >= 11 is 0. The van der Waals surface area contributed by atoms with Crippen molar-refractivity contribution >= 4 is 6.03 Å². The van der Waals surface area contributed by atoms with E-state index >= 15 is 0 Å². The smallest absolute Gasteiger partial charge is 0.317 e. The van der Waals surface area contributed by atoms with E-state index in [9.17, 15) is 4.79 Å². The van der Waals surface area contributed by atoms with Gasteiger partial charge in [0.1, 0.15) is 0 Å². The highest BCUT2D eigenvalue weighted by Crippen LogP contribution is 2.26. The number of nitrogens with zero attached hydrogens (tertiary/aromatic N) is 3. The number of amides is 2. The molecule has 24 heavy (non-hydrogen) atoms. The molecule has 0 saturated carbocycles. The first kappa shape index (κ1) is 16.5. The Morgan fingerprint density at radius 3 is 2.62 bits per heavy atom. The number of aryl methyl sites for hydroxylation is 1. The molecule has 0 atom stereocenters. The van der Waals surface area contributed by atoms with Gasteiger partial charge < -0.3 is 15.0 Å². The Labute approximate surface area is 142 Å². The predicted molar refractivity (Wildman–Crippen MR) is 92.9 cm³/mol. The molecular weight excluding hydrogens is 304 g/mol. The zero-order chi connectivity index (χ0) is 16.9. The van der Waals surface area contributed by atoms with Gasteiger partial charge in [-0.3, -0.25) is 4.68 Å². The number of morpholine rings is 1. The van der Waals surface area contributed by atoms with Crippen molar-refractivity contribution in [3.05, 3.63) is 41.7 Å². The van der Waals surface area contributed by atoms with Crippen molar-refractivity contribution in [2.75, 3.05) is 32.8 Å². The minimum Gasteiger partial charge on any atom is -0.378 e. The predicted octanol–water partition coefficient (Wildman–Crippen LogP) is 2.21. The van der Waals surface area contributed by atoms with Crippen LogP contribution in [-0.2, 0) is 11.3 Å². The van der Waals surface area contributed by atoms with E-state index in [0.717, 1.165) is 11.4 Å². The second-order valence-corrected chi connectivity index (χ2v) is 5.97. The Bertz CT molecular complexity index is 691. The van der Waals surface area contributed by atoms with E-state index in [2.05, 4.69) is 29.5 Å². The van der Waals surface area contributed by atoms with Crippen molar-refractivity contribution in [2.45, 2.75) is 20.4 Å². The molecule has 128 valence electrons. The first-order valence-electron chi connectivity index (χ1n) is 8.37. The van der Waals surface area contributed by atoms with E-state index < -0.39 is 0 Å². The molecule has 2 aromatic rings. The molecule has 6 nitrogen and oxygen atoms in total. The van der Waals surface area contributed by atoms with Gasteiger partial charge in [0.2, 0.25) is 0 Å². The van der Waals surface area contributed by atoms with Gasteiger partial charge in [-0.05, 0) is 19.4 Å². The third kappa shape index (κ3) is 3.59. The maximum Gasteiger partial charge on any atom is 0.317 e. The summed E-state index contributed by atoms with van der Waals surface area (Å²) in [5.74, 6) is 0. The fourth-order valence-corrected chi connectivity index (χ4v) is 3.08. The van der Waals surface area contributed by atoms with Crippen LogP contribution in [0.4, 0.5) is 4.79 Å². The highest BCUT2D eigenvalue weighted by atomic mass is 16.5. The van der Waals surface area contributed by atoms with Gasteiger partial charge in [-0.15, -0.1) is 0 Å². The standard InChI is InChI=1S/C18H24N4O2/c1-14-17(16-6-4-3-5-7-16)15(2)22(20-14)9-8-19-18(23)21-10-12-24-13-11-21/h3-7H,8-13H2,1-2H3,(H,19,23). The lowest BCUT2D eigenvalue weighted by atomic mass is 10.0. The number of aromatic nitrogens is 2. The summed E-state index contributed by atoms with van der Waals surface area (Å²) in [5, 5.41) is 7.59. The van der Waals surface area contributed by atoms with Crippen LogP contribution in [0, 0.1) is 13.8 Å². The lowest BCUT2D eigenvalue weighted by molar-refractivity contribution is 0.0532. The summed E-state index contributed by atoms with van der Waals surface area (Å²) in [6, 6.07) is 10.3. The number of rotatable bonds is 4. The number of carbonyl (C=O) groups is 1. The van der Waals surface area contributed by atoms with Crippen LogP contribution in [0.5, 0.6) is 0 Å². The zero-order valence-electron chi connectivity index (χ0n) is 14.3. The molecule has 6 heteroatoms. The molecule has 0 unspecified atom stereocenters. The van der Waals surface area contributed by atoms with Crippen molar-refractivity contribution < 1.29 is 9.53 Å². The maximum atomic E-state index is 12.1. The summed E-state index contributed by atoms with van der Waals surface area (Å²) < 4.78 is 7.23. The van der Waals surface area contributed by atoms with Gasteiger partial charge in [-0.1, -0.05) is 30.3 Å². The largest absolute Gasteiger partial charge is 0.378 e. The molecule has 2 heterocycles. The van der Waals surface area contributed by atoms with Gasteiger partial charge >= 0.3 is 6.03 Å². The Balaban J connectivity index is 1.61. The third-order valence-corrected chi connectivity index (χ3v) is 4.34. The third-order valence-electron chi connectivity index (χ3n) is 4.34. The van der Waals surface area contributed by atoms with Gasteiger partial charge in [-0.2, -0.15) is 5.10 Å². The molecule has 0 aliphatic carbocycles. The van der Waals surface area contributed by atoms with E-state index in [1.165, 1.54) is 11.1 Å². The summed E-state index contributed by atoms with van der Waals surface area (Å²) in [6.45, 7) is 7.87. The van der Waals surface area contributed by atoms with E-state index in [1.807, 2.05) is 29.8 Å². The van der Waals surface area contributed by atoms with Crippen LogP contribution in [0.25, 0.3) is 11.1 Å². The lowest BCUT2D eigenvalue weighted by Crippen LogP contribution is -2.46. The average molecular weight is 328 g/mol. The quantitative estimate of drug-likeness (QED) is 0.936. The highest BCUT2D eigenvalue weighted by Gasteiger charge is 2.17. The van der Waals surface area contributed by atoms with Crippen LogP contribution < -0.4 is 5.32 Å². The van der Waals surface area contributed by atoms with E-state index in [1.54, 1.807) is 4.90 Å². The van der Waals surface area contributed by atoms with Crippen molar-refractivity contribution in [3.8, 4) is 11.1 Å². The number of ether oxygens (including phenoxy) is 1. The van der Waals surface area contributed by atoms with Gasteiger partial charge in [0, 0.05) is 30.9 Å². The molecule has 1 aliphatic rings. The first-order valence-corrected chi connectivity index (χ1v) is 8.37. The number of nitrogens with one attached hydrogen (secondary N) is 1. The number of urea groups is 1. The van der Waals surface area contributed by atoms with Crippen LogP contribution in [-0.4, -0.2) is 53.6 Å². The minimum absolute atomic E-state index is 0.0249. The normalized spacial score (nSPS) is 14.7. The Kier molecular flexibility index (Phi) is 5.15. The van der Waals surface area contributed by atoms with Gasteiger partial charge in [0.25, 0.3) is 0 Å². The number of hydrogen-bond acceptors (Lipinski definition) is 3. The molecule has 0 bridgehead atoms.